The highest BCUT2D eigenvalue weighted by atomic mass is 127. The lowest BCUT2D eigenvalue weighted by molar-refractivity contribution is 0.0945. The number of nitrogens with one attached hydrogen (secondary N) is 1. The Labute approximate surface area is 152 Å². The number of carbonyl (C=O) groups excluding carboxylic acids is 1. The lowest BCUT2D eigenvalue weighted by Crippen LogP contribution is -2.23. The average Bonchev–Trinajstić information content (AvgIpc) is 3.09. The first-order valence-corrected chi connectivity index (χ1v) is 8.25. The van der Waals surface area contributed by atoms with E-state index >= 15 is 0 Å². The van der Waals surface area contributed by atoms with Crippen molar-refractivity contribution in [3.63, 3.8) is 0 Å². The molecule has 1 aromatic heterocycles. The summed E-state index contributed by atoms with van der Waals surface area (Å²) in [5, 5.41) is 6.71. The van der Waals surface area contributed by atoms with E-state index in [9.17, 15) is 4.79 Å². The van der Waals surface area contributed by atoms with Crippen LogP contribution in [0, 0.1) is 3.57 Å². The van der Waals surface area contributed by atoms with Crippen molar-refractivity contribution in [3.05, 3.63) is 63.6 Å². The molecule has 0 aliphatic rings. The summed E-state index contributed by atoms with van der Waals surface area (Å²) in [6, 6.07) is 14.7. The molecular formula is C17H14IN3O3. The first-order valence-electron chi connectivity index (χ1n) is 7.17. The predicted octanol–water partition coefficient (Wildman–Crippen LogP) is 3.28. The van der Waals surface area contributed by atoms with Gasteiger partial charge in [0.2, 0.25) is 11.7 Å². The van der Waals surface area contributed by atoms with E-state index in [0.717, 1.165) is 14.9 Å². The Morgan fingerprint density at radius 2 is 1.96 bits per heavy atom. The summed E-state index contributed by atoms with van der Waals surface area (Å²) in [5.74, 6) is 1.40. The molecule has 122 valence electrons. The summed E-state index contributed by atoms with van der Waals surface area (Å²) in [7, 11) is 1.61. The molecule has 1 N–H and O–H groups in total. The van der Waals surface area contributed by atoms with E-state index in [1.54, 1.807) is 13.2 Å². The van der Waals surface area contributed by atoms with E-state index in [1.807, 2.05) is 42.5 Å². The van der Waals surface area contributed by atoms with Crippen molar-refractivity contribution in [2.75, 3.05) is 7.11 Å². The molecule has 7 heteroatoms. The van der Waals surface area contributed by atoms with Gasteiger partial charge in [-0.05, 0) is 59.0 Å². The lowest BCUT2D eigenvalue weighted by Gasteiger charge is -2.04. The van der Waals surface area contributed by atoms with Crippen molar-refractivity contribution in [1.29, 1.82) is 0 Å². The predicted molar refractivity (Wildman–Crippen MR) is 96.6 cm³/mol. The fraction of sp³-hybridized carbons (Fsp3) is 0.118. The van der Waals surface area contributed by atoms with Crippen LogP contribution in [-0.2, 0) is 6.54 Å². The molecule has 0 saturated carbocycles. The van der Waals surface area contributed by atoms with Gasteiger partial charge >= 0.3 is 0 Å². The zero-order valence-electron chi connectivity index (χ0n) is 12.8. The number of rotatable bonds is 5. The van der Waals surface area contributed by atoms with E-state index in [-0.39, 0.29) is 12.5 Å². The minimum atomic E-state index is -0.177. The Bertz CT molecular complexity index is 846. The van der Waals surface area contributed by atoms with Crippen LogP contribution in [0.15, 0.2) is 53.1 Å². The molecule has 0 spiro atoms. The maximum atomic E-state index is 12.2. The first-order chi connectivity index (χ1) is 11.7. The number of nitrogens with zero attached hydrogens (tertiary/aromatic N) is 2. The minimum Gasteiger partial charge on any atom is -0.497 e. The molecule has 1 heterocycles. The lowest BCUT2D eigenvalue weighted by atomic mass is 10.2. The average molecular weight is 435 g/mol. The summed E-state index contributed by atoms with van der Waals surface area (Å²) in [6.07, 6.45) is 0. The topological polar surface area (TPSA) is 77.3 Å². The molecule has 1 amide bonds. The molecule has 0 aliphatic heterocycles. The quantitative estimate of drug-likeness (QED) is 0.623. The van der Waals surface area contributed by atoms with Crippen LogP contribution in [0.3, 0.4) is 0 Å². The number of carbonyl (C=O) groups is 1. The van der Waals surface area contributed by atoms with E-state index in [1.165, 1.54) is 0 Å². The van der Waals surface area contributed by atoms with Gasteiger partial charge in [-0.2, -0.15) is 4.98 Å². The molecule has 0 saturated heterocycles. The fourth-order valence-corrected chi connectivity index (χ4v) is 2.71. The van der Waals surface area contributed by atoms with Crippen LogP contribution in [0.1, 0.15) is 16.2 Å². The molecule has 3 rings (SSSR count). The number of hydrogen-bond donors (Lipinski definition) is 1. The molecule has 3 aromatic rings. The van der Waals surface area contributed by atoms with Gasteiger partial charge in [0.25, 0.3) is 5.91 Å². The Morgan fingerprint density at radius 3 is 2.67 bits per heavy atom. The van der Waals surface area contributed by atoms with Crippen LogP contribution < -0.4 is 10.1 Å². The Balaban J connectivity index is 1.66. The van der Waals surface area contributed by atoms with Gasteiger partial charge in [-0.3, -0.25) is 4.79 Å². The molecule has 0 radical (unpaired) electrons. The summed E-state index contributed by atoms with van der Waals surface area (Å²) in [5.41, 5.74) is 1.43. The van der Waals surface area contributed by atoms with Crippen LogP contribution in [-0.4, -0.2) is 23.2 Å². The van der Waals surface area contributed by atoms with Crippen LogP contribution in [0.2, 0.25) is 0 Å². The second-order valence-corrected chi connectivity index (χ2v) is 6.06. The number of halogens is 1. The van der Waals surface area contributed by atoms with Gasteiger partial charge < -0.3 is 14.6 Å². The molecule has 0 atom stereocenters. The summed E-state index contributed by atoms with van der Waals surface area (Å²) in [6.45, 7) is 0.174. The second kappa shape index (κ2) is 7.43. The van der Waals surface area contributed by atoms with E-state index < -0.39 is 0 Å². The standard InChI is InChI=1S/C17H14IN3O3/c1-23-12-8-6-11(7-9-12)16-20-15(24-21-16)10-19-17(22)13-4-2-3-5-14(13)18/h2-9H,10H2,1H3,(H,19,22). The maximum Gasteiger partial charge on any atom is 0.252 e. The van der Waals surface area contributed by atoms with Gasteiger partial charge in [0.15, 0.2) is 0 Å². The highest BCUT2D eigenvalue weighted by molar-refractivity contribution is 14.1. The van der Waals surface area contributed by atoms with Gasteiger partial charge in [-0.15, -0.1) is 0 Å². The first kappa shape index (κ1) is 16.4. The van der Waals surface area contributed by atoms with Crippen LogP contribution >= 0.6 is 22.6 Å². The number of aromatic nitrogens is 2. The highest BCUT2D eigenvalue weighted by Gasteiger charge is 2.12. The third-order valence-corrected chi connectivity index (χ3v) is 4.28. The normalized spacial score (nSPS) is 10.4. The number of ether oxygens (including phenoxy) is 1. The van der Waals surface area contributed by atoms with Crippen molar-refractivity contribution in [1.82, 2.24) is 15.5 Å². The SMILES string of the molecule is COc1ccc(-c2noc(CNC(=O)c3ccccc3I)n2)cc1. The van der Waals surface area contributed by atoms with Gasteiger partial charge in [-0.25, -0.2) is 0 Å². The monoisotopic (exact) mass is 435 g/mol. The third-order valence-electron chi connectivity index (χ3n) is 3.33. The van der Waals surface area contributed by atoms with Crippen LogP contribution in [0.25, 0.3) is 11.4 Å². The Kier molecular flexibility index (Phi) is 5.09. The molecule has 24 heavy (non-hydrogen) atoms. The van der Waals surface area contributed by atoms with Gasteiger partial charge in [0.1, 0.15) is 5.75 Å². The molecule has 6 nitrogen and oxygen atoms in total. The molecule has 0 unspecified atom stereocenters. The summed E-state index contributed by atoms with van der Waals surface area (Å²) >= 11 is 2.13. The smallest absolute Gasteiger partial charge is 0.252 e. The van der Waals surface area contributed by atoms with Gasteiger partial charge in [0.05, 0.1) is 19.2 Å². The molecular weight excluding hydrogens is 421 g/mol. The number of methoxy groups -OCH3 is 1. The van der Waals surface area contributed by atoms with Crippen LogP contribution in [0.5, 0.6) is 5.75 Å². The third kappa shape index (κ3) is 3.73. The zero-order chi connectivity index (χ0) is 16.9. The van der Waals surface area contributed by atoms with Crippen molar-refractivity contribution >= 4 is 28.5 Å². The molecule has 0 bridgehead atoms. The van der Waals surface area contributed by atoms with E-state index in [4.69, 9.17) is 9.26 Å². The van der Waals surface area contributed by atoms with Crippen molar-refractivity contribution in [2.24, 2.45) is 0 Å². The molecule has 0 aliphatic carbocycles. The Morgan fingerprint density at radius 1 is 1.21 bits per heavy atom. The number of hydrogen-bond acceptors (Lipinski definition) is 5. The molecule has 0 fully saturated rings. The van der Waals surface area contributed by atoms with E-state index in [2.05, 4.69) is 38.0 Å². The minimum absolute atomic E-state index is 0.174. The highest BCUT2D eigenvalue weighted by Crippen LogP contribution is 2.19. The summed E-state index contributed by atoms with van der Waals surface area (Å²) < 4.78 is 11.2. The van der Waals surface area contributed by atoms with Crippen molar-refractivity contribution in [3.8, 4) is 17.1 Å². The summed E-state index contributed by atoms with van der Waals surface area (Å²) in [4.78, 5) is 16.5. The molecule has 2 aromatic carbocycles. The fourth-order valence-electron chi connectivity index (χ4n) is 2.08. The number of benzene rings is 2. The zero-order valence-corrected chi connectivity index (χ0v) is 15.0. The largest absolute Gasteiger partial charge is 0.497 e. The van der Waals surface area contributed by atoms with Gasteiger partial charge in [-0.1, -0.05) is 17.3 Å². The van der Waals surface area contributed by atoms with Crippen molar-refractivity contribution < 1.29 is 14.1 Å². The van der Waals surface area contributed by atoms with Crippen LogP contribution in [0.4, 0.5) is 0 Å². The van der Waals surface area contributed by atoms with Crippen molar-refractivity contribution in [2.45, 2.75) is 6.54 Å². The van der Waals surface area contributed by atoms with Gasteiger partial charge in [0, 0.05) is 9.13 Å². The van der Waals surface area contributed by atoms with E-state index in [0.29, 0.717) is 17.3 Å². The maximum absolute atomic E-state index is 12.2. The second-order valence-electron chi connectivity index (χ2n) is 4.90. The Hall–Kier alpha value is -2.42. The number of amides is 1.